The van der Waals surface area contributed by atoms with E-state index in [0.29, 0.717) is 6.54 Å². The molecule has 1 aliphatic heterocycles. The molecular weight excluding hydrogens is 412 g/mol. The van der Waals surface area contributed by atoms with Crippen molar-refractivity contribution in [2.45, 2.75) is 25.3 Å². The van der Waals surface area contributed by atoms with E-state index in [1.165, 1.54) is 0 Å². The van der Waals surface area contributed by atoms with Crippen molar-refractivity contribution in [3.8, 4) is 0 Å². The van der Waals surface area contributed by atoms with E-state index < -0.39 is 0 Å². The maximum absolute atomic E-state index is 12.8. The Labute approximate surface area is 192 Å². The zero-order chi connectivity index (χ0) is 22.6. The summed E-state index contributed by atoms with van der Waals surface area (Å²) in [5, 5.41) is 8.00. The van der Waals surface area contributed by atoms with Gasteiger partial charge in [-0.25, -0.2) is 4.98 Å². The molecule has 0 saturated carbocycles. The summed E-state index contributed by atoms with van der Waals surface area (Å²) in [7, 11) is 0. The fourth-order valence-corrected chi connectivity index (χ4v) is 4.31. The number of anilines is 1. The van der Waals surface area contributed by atoms with Crippen molar-refractivity contribution in [2.24, 2.45) is 0 Å². The number of piperidine rings is 1. The molecule has 4 heterocycles. The molecule has 7 heteroatoms. The topological polar surface area (TPSA) is 75.4 Å². The molecule has 5 rings (SSSR count). The van der Waals surface area contributed by atoms with Gasteiger partial charge in [0.25, 0.3) is 5.91 Å². The lowest BCUT2D eigenvalue weighted by Crippen LogP contribution is -2.38. The number of nitrogens with one attached hydrogen (secondary N) is 1. The van der Waals surface area contributed by atoms with Gasteiger partial charge in [0.05, 0.1) is 6.20 Å². The maximum Gasteiger partial charge on any atom is 0.253 e. The molecule has 33 heavy (non-hydrogen) atoms. The minimum Gasteiger partial charge on any atom is -0.366 e. The van der Waals surface area contributed by atoms with Gasteiger partial charge in [0.2, 0.25) is 0 Å². The molecule has 0 radical (unpaired) electrons. The van der Waals surface area contributed by atoms with Gasteiger partial charge in [-0.3, -0.25) is 9.78 Å². The Morgan fingerprint density at radius 2 is 1.94 bits per heavy atom. The SMILES string of the molecule is C=Cc1cnn2c(NCc3cccnc3)cc(C3CCN(C(=O)c4ccccc4)CC3)nc12. The van der Waals surface area contributed by atoms with Crippen molar-refractivity contribution >= 4 is 23.4 Å². The Morgan fingerprint density at radius 1 is 1.12 bits per heavy atom. The average Bonchev–Trinajstić information content (AvgIpc) is 3.31. The summed E-state index contributed by atoms with van der Waals surface area (Å²) >= 11 is 0. The quantitative estimate of drug-likeness (QED) is 0.483. The first kappa shape index (κ1) is 20.9. The van der Waals surface area contributed by atoms with E-state index in [-0.39, 0.29) is 11.8 Å². The number of rotatable bonds is 6. The Balaban J connectivity index is 1.36. The molecule has 7 nitrogen and oxygen atoms in total. The summed E-state index contributed by atoms with van der Waals surface area (Å²) in [5.41, 5.74) is 4.55. The fraction of sp³-hybridized carbons (Fsp3) is 0.231. The van der Waals surface area contributed by atoms with E-state index in [1.54, 1.807) is 18.5 Å². The standard InChI is InChI=1S/C26H26N6O/c1-2-20-18-29-32-24(28-17-19-7-6-12-27-16-19)15-23(30-25(20)32)21-10-13-31(14-11-21)26(33)22-8-4-3-5-9-22/h2-9,12,15-16,18,21,28H,1,10-11,13-14,17H2. The number of carbonyl (C=O) groups excluding carboxylic acids is 1. The molecule has 1 aliphatic rings. The van der Waals surface area contributed by atoms with Crippen LogP contribution in [0.5, 0.6) is 0 Å². The van der Waals surface area contributed by atoms with Gasteiger partial charge in [-0.2, -0.15) is 9.61 Å². The van der Waals surface area contributed by atoms with Gasteiger partial charge in [-0.15, -0.1) is 0 Å². The largest absolute Gasteiger partial charge is 0.366 e. The Hall–Kier alpha value is -4.00. The van der Waals surface area contributed by atoms with Gasteiger partial charge in [-0.1, -0.05) is 36.9 Å². The van der Waals surface area contributed by atoms with Gasteiger partial charge < -0.3 is 10.2 Å². The van der Waals surface area contributed by atoms with E-state index in [0.717, 1.165) is 59.8 Å². The number of benzene rings is 1. The van der Waals surface area contributed by atoms with Crippen LogP contribution >= 0.6 is 0 Å². The first-order chi connectivity index (χ1) is 16.2. The second kappa shape index (κ2) is 9.24. The predicted molar refractivity (Wildman–Crippen MR) is 129 cm³/mol. The third kappa shape index (κ3) is 4.35. The normalized spacial score (nSPS) is 14.4. The first-order valence-electron chi connectivity index (χ1n) is 11.2. The molecule has 0 bridgehead atoms. The number of likely N-dealkylation sites (tertiary alicyclic amines) is 1. The molecule has 1 saturated heterocycles. The Kier molecular flexibility index (Phi) is 5.85. The summed E-state index contributed by atoms with van der Waals surface area (Å²) in [5.74, 6) is 1.26. The molecule has 4 aromatic rings. The van der Waals surface area contributed by atoms with Crippen LogP contribution in [0.2, 0.25) is 0 Å². The second-order valence-electron chi connectivity index (χ2n) is 8.25. The average molecular weight is 439 g/mol. The summed E-state index contributed by atoms with van der Waals surface area (Å²) in [4.78, 5) is 23.9. The van der Waals surface area contributed by atoms with Gasteiger partial charge in [-0.05, 0) is 36.6 Å². The minimum atomic E-state index is 0.0982. The number of aromatic nitrogens is 4. The number of hydrogen-bond acceptors (Lipinski definition) is 5. The molecule has 0 unspecified atom stereocenters. The van der Waals surface area contributed by atoms with Crippen molar-refractivity contribution in [1.29, 1.82) is 0 Å². The van der Waals surface area contributed by atoms with Gasteiger partial charge in [0, 0.05) is 60.8 Å². The van der Waals surface area contributed by atoms with Crippen LogP contribution in [-0.2, 0) is 6.54 Å². The number of amides is 1. The molecule has 0 atom stereocenters. The third-order valence-electron chi connectivity index (χ3n) is 6.16. The number of hydrogen-bond donors (Lipinski definition) is 1. The monoisotopic (exact) mass is 438 g/mol. The number of pyridine rings is 1. The highest BCUT2D eigenvalue weighted by molar-refractivity contribution is 5.94. The van der Waals surface area contributed by atoms with Crippen molar-refractivity contribution in [2.75, 3.05) is 18.4 Å². The van der Waals surface area contributed by atoms with E-state index in [4.69, 9.17) is 4.98 Å². The maximum atomic E-state index is 12.8. The van der Waals surface area contributed by atoms with Crippen LogP contribution in [-0.4, -0.2) is 43.5 Å². The van der Waals surface area contributed by atoms with Crippen molar-refractivity contribution < 1.29 is 4.79 Å². The van der Waals surface area contributed by atoms with Crippen LogP contribution in [0.25, 0.3) is 11.7 Å². The molecule has 0 spiro atoms. The second-order valence-corrected chi connectivity index (χ2v) is 8.25. The lowest BCUT2D eigenvalue weighted by molar-refractivity contribution is 0.0712. The highest BCUT2D eigenvalue weighted by Gasteiger charge is 2.26. The van der Waals surface area contributed by atoms with E-state index in [2.05, 4.69) is 28.0 Å². The molecule has 1 aromatic carbocycles. The minimum absolute atomic E-state index is 0.0982. The predicted octanol–water partition coefficient (Wildman–Crippen LogP) is 4.40. The Bertz CT molecular complexity index is 1260. The fourth-order valence-electron chi connectivity index (χ4n) is 4.31. The van der Waals surface area contributed by atoms with Crippen LogP contribution < -0.4 is 5.32 Å². The van der Waals surface area contributed by atoms with Gasteiger partial charge >= 0.3 is 0 Å². The number of nitrogens with zero attached hydrogens (tertiary/aromatic N) is 5. The smallest absolute Gasteiger partial charge is 0.253 e. The molecular formula is C26H26N6O. The first-order valence-corrected chi connectivity index (χ1v) is 11.2. The van der Waals surface area contributed by atoms with Crippen molar-refractivity contribution in [3.63, 3.8) is 0 Å². The van der Waals surface area contributed by atoms with Crippen LogP contribution in [0.1, 0.15) is 45.9 Å². The van der Waals surface area contributed by atoms with Gasteiger partial charge in [0.15, 0.2) is 5.65 Å². The van der Waals surface area contributed by atoms with E-state index in [9.17, 15) is 4.79 Å². The molecule has 166 valence electrons. The highest BCUT2D eigenvalue weighted by atomic mass is 16.2. The number of carbonyl (C=O) groups is 1. The molecule has 1 amide bonds. The van der Waals surface area contributed by atoms with Crippen LogP contribution in [0.3, 0.4) is 0 Å². The third-order valence-corrected chi connectivity index (χ3v) is 6.16. The zero-order valence-corrected chi connectivity index (χ0v) is 18.4. The summed E-state index contributed by atoms with van der Waals surface area (Å²) < 4.78 is 1.82. The van der Waals surface area contributed by atoms with Gasteiger partial charge in [0.1, 0.15) is 5.82 Å². The van der Waals surface area contributed by atoms with E-state index >= 15 is 0 Å². The molecule has 1 fully saturated rings. The lowest BCUT2D eigenvalue weighted by Gasteiger charge is -2.32. The Morgan fingerprint density at radius 3 is 2.67 bits per heavy atom. The summed E-state index contributed by atoms with van der Waals surface area (Å²) in [6.07, 6.45) is 8.94. The summed E-state index contributed by atoms with van der Waals surface area (Å²) in [6, 6.07) is 15.5. The lowest BCUT2D eigenvalue weighted by atomic mass is 9.92. The number of fused-ring (bicyclic) bond motifs is 1. The van der Waals surface area contributed by atoms with Crippen LogP contribution in [0.15, 0.2) is 73.7 Å². The van der Waals surface area contributed by atoms with Crippen LogP contribution in [0.4, 0.5) is 5.82 Å². The van der Waals surface area contributed by atoms with E-state index in [1.807, 2.05) is 58.1 Å². The zero-order valence-electron chi connectivity index (χ0n) is 18.4. The highest BCUT2D eigenvalue weighted by Crippen LogP contribution is 2.30. The van der Waals surface area contributed by atoms with Crippen molar-refractivity contribution in [3.05, 3.63) is 96.1 Å². The van der Waals surface area contributed by atoms with Crippen molar-refractivity contribution in [1.82, 2.24) is 24.5 Å². The molecule has 1 N–H and O–H groups in total. The molecule has 0 aliphatic carbocycles. The summed E-state index contributed by atoms with van der Waals surface area (Å²) in [6.45, 7) is 5.99. The molecule has 3 aromatic heterocycles. The van der Waals surface area contributed by atoms with Crippen LogP contribution in [0, 0.1) is 0 Å².